The van der Waals surface area contributed by atoms with Crippen LogP contribution < -0.4 is 0 Å². The van der Waals surface area contributed by atoms with Crippen LogP contribution in [0.2, 0.25) is 0 Å². The molecule has 2 atom stereocenters. The summed E-state index contributed by atoms with van der Waals surface area (Å²) in [6, 6.07) is 9.85. The van der Waals surface area contributed by atoms with Crippen LogP contribution in [0.3, 0.4) is 0 Å². The lowest BCUT2D eigenvalue weighted by Gasteiger charge is -2.21. The summed E-state index contributed by atoms with van der Waals surface area (Å²) >= 11 is 0. The molecule has 0 aromatic heterocycles. The van der Waals surface area contributed by atoms with Crippen molar-refractivity contribution >= 4 is 20.7 Å². The van der Waals surface area contributed by atoms with E-state index in [9.17, 15) is 9.00 Å². The molecule has 1 heterocycles. The number of carbonyl (C=O) groups is 1. The van der Waals surface area contributed by atoms with Gasteiger partial charge in [0.15, 0.2) is 5.78 Å². The Kier molecular flexibility index (Phi) is 2.65. The van der Waals surface area contributed by atoms with Crippen molar-refractivity contribution in [1.82, 2.24) is 0 Å². The van der Waals surface area contributed by atoms with Gasteiger partial charge in [0, 0.05) is 29.7 Å². The van der Waals surface area contributed by atoms with E-state index in [1.807, 2.05) is 30.3 Å². The highest BCUT2D eigenvalue weighted by atomic mass is 32.2. The van der Waals surface area contributed by atoms with Gasteiger partial charge in [0.1, 0.15) is 0 Å². The highest BCUT2D eigenvalue weighted by Crippen LogP contribution is 2.24. The molecule has 1 aromatic rings. The molecule has 0 bridgehead atoms. The molecule has 1 aromatic carbocycles. The first kappa shape index (κ1) is 10.4. The fraction of sp³-hybridized carbons (Fsp3) is 0.333. The summed E-state index contributed by atoms with van der Waals surface area (Å²) < 4.78 is 11.9. The number of hydrogen-bond donors (Lipinski definition) is 0. The van der Waals surface area contributed by atoms with Gasteiger partial charge in [-0.05, 0) is 15.1 Å². The lowest BCUT2D eigenvalue weighted by molar-refractivity contribution is -0.112. The Balaban J connectivity index is 2.32. The minimum Gasteiger partial charge on any atom is -0.294 e. The molecule has 0 N–H and O–H groups in total. The molecule has 1 aliphatic rings. The van der Waals surface area contributed by atoms with Gasteiger partial charge in [-0.1, -0.05) is 30.3 Å². The number of ketones is 1. The van der Waals surface area contributed by atoms with Crippen LogP contribution in [0.4, 0.5) is 0 Å². The van der Waals surface area contributed by atoms with Crippen LogP contribution in [0.1, 0.15) is 17.9 Å². The second-order valence-electron chi connectivity index (χ2n) is 4.13. The van der Waals surface area contributed by atoms with Gasteiger partial charge >= 0.3 is 0 Å². The Morgan fingerprint density at radius 2 is 1.93 bits per heavy atom. The van der Waals surface area contributed by atoms with E-state index >= 15 is 0 Å². The highest BCUT2D eigenvalue weighted by molar-refractivity contribution is 8.01. The van der Waals surface area contributed by atoms with Gasteiger partial charge in [-0.25, -0.2) is 0 Å². The van der Waals surface area contributed by atoms with Crippen LogP contribution in [-0.2, 0) is 14.3 Å². The van der Waals surface area contributed by atoms with E-state index in [1.54, 1.807) is 6.26 Å². The van der Waals surface area contributed by atoms with Crippen molar-refractivity contribution in [3.8, 4) is 0 Å². The highest BCUT2D eigenvalue weighted by Gasteiger charge is 2.23. The van der Waals surface area contributed by atoms with Crippen molar-refractivity contribution in [2.45, 2.75) is 12.3 Å². The van der Waals surface area contributed by atoms with Crippen molar-refractivity contribution in [3.05, 3.63) is 35.9 Å². The zero-order chi connectivity index (χ0) is 10.9. The molecule has 80 valence electrons. The van der Waals surface area contributed by atoms with Gasteiger partial charge in [-0.2, -0.15) is 0 Å². The average Bonchev–Trinajstić information content (AvgIpc) is 2.16. The van der Waals surface area contributed by atoms with E-state index in [4.69, 9.17) is 0 Å². The van der Waals surface area contributed by atoms with E-state index in [-0.39, 0.29) is 11.7 Å². The molecule has 15 heavy (non-hydrogen) atoms. The summed E-state index contributed by atoms with van der Waals surface area (Å²) in [5, 5.41) is 1.41. The van der Waals surface area contributed by atoms with Crippen molar-refractivity contribution in [2.75, 3.05) is 12.0 Å². The summed E-state index contributed by atoms with van der Waals surface area (Å²) in [5.41, 5.74) is 1.12. The minimum atomic E-state index is -2.05. The normalized spacial score (nSPS) is 31.0. The zero-order valence-corrected chi connectivity index (χ0v) is 9.50. The van der Waals surface area contributed by atoms with Gasteiger partial charge in [0.25, 0.3) is 0 Å². The fourth-order valence-electron chi connectivity index (χ4n) is 2.01. The Bertz CT molecular complexity index is 482. The molecule has 3 heteroatoms. The molecule has 0 fully saturated rings. The van der Waals surface area contributed by atoms with Crippen LogP contribution in [0, 0.1) is 0 Å². The first-order valence-corrected chi connectivity index (χ1v) is 7.16. The third-order valence-corrected chi connectivity index (χ3v) is 4.46. The second-order valence-corrected chi connectivity index (χ2v) is 6.85. The molecule has 0 amide bonds. The van der Waals surface area contributed by atoms with Crippen molar-refractivity contribution < 1.29 is 9.00 Å². The fourth-order valence-corrected chi connectivity index (χ4v) is 3.87. The Labute approximate surface area is 90.3 Å². The summed E-state index contributed by atoms with van der Waals surface area (Å²) in [6.45, 7) is 0. The van der Waals surface area contributed by atoms with E-state index in [0.29, 0.717) is 12.2 Å². The second kappa shape index (κ2) is 3.81. The van der Waals surface area contributed by atoms with Crippen LogP contribution in [-0.4, -0.2) is 27.4 Å². The SMILES string of the molecule is CS1(=O)=CC(=O)C[C@H](c2ccccc2)C1. The molecule has 2 nitrogen and oxygen atoms in total. The smallest absolute Gasteiger partial charge is 0.164 e. The summed E-state index contributed by atoms with van der Waals surface area (Å²) in [7, 11) is -2.05. The van der Waals surface area contributed by atoms with Crippen LogP contribution in [0.5, 0.6) is 0 Å². The molecule has 1 unspecified atom stereocenters. The molecule has 2 rings (SSSR count). The number of Topliss-reactive ketones (excluding diaryl/α,β-unsaturated/α-hetero) is 1. The van der Waals surface area contributed by atoms with Crippen LogP contribution in [0.15, 0.2) is 30.3 Å². The molecule has 0 radical (unpaired) electrons. The van der Waals surface area contributed by atoms with Crippen molar-refractivity contribution in [1.29, 1.82) is 0 Å². The summed E-state index contributed by atoms with van der Waals surface area (Å²) in [4.78, 5) is 11.4. The molecular formula is C12H14O2S. The van der Waals surface area contributed by atoms with Crippen LogP contribution >= 0.6 is 0 Å². The lowest BCUT2D eigenvalue weighted by atomic mass is 9.96. The summed E-state index contributed by atoms with van der Waals surface area (Å²) in [5.74, 6) is 0.742. The maximum atomic E-state index is 11.9. The average molecular weight is 222 g/mol. The number of benzene rings is 1. The Morgan fingerprint density at radius 1 is 1.27 bits per heavy atom. The number of hydrogen-bond acceptors (Lipinski definition) is 2. The molecule has 0 aliphatic carbocycles. The van der Waals surface area contributed by atoms with Gasteiger partial charge in [0.2, 0.25) is 0 Å². The Morgan fingerprint density at radius 3 is 2.53 bits per heavy atom. The molecule has 1 aliphatic heterocycles. The number of rotatable bonds is 1. The summed E-state index contributed by atoms with van der Waals surface area (Å²) in [6.07, 6.45) is 2.16. The lowest BCUT2D eigenvalue weighted by Crippen LogP contribution is -2.26. The quantitative estimate of drug-likeness (QED) is 0.674. The standard InChI is InChI=1S/C12H14O2S/c1-15(14)8-11(7-12(13)9-15)10-5-3-2-4-6-10/h2-6,9,11H,7-8H2,1H3/t11-,15?/m0/s1. The maximum Gasteiger partial charge on any atom is 0.164 e. The Hall–Kier alpha value is -1.09. The molecule has 0 saturated carbocycles. The van der Waals surface area contributed by atoms with Crippen molar-refractivity contribution in [2.24, 2.45) is 0 Å². The zero-order valence-electron chi connectivity index (χ0n) is 8.68. The van der Waals surface area contributed by atoms with Gasteiger partial charge in [-0.15, -0.1) is 0 Å². The minimum absolute atomic E-state index is 0.0163. The maximum absolute atomic E-state index is 11.9. The van der Waals surface area contributed by atoms with Gasteiger partial charge in [0.05, 0.1) is 0 Å². The van der Waals surface area contributed by atoms with Crippen molar-refractivity contribution in [3.63, 3.8) is 0 Å². The monoisotopic (exact) mass is 222 g/mol. The van der Waals surface area contributed by atoms with E-state index in [1.165, 1.54) is 5.37 Å². The van der Waals surface area contributed by atoms with E-state index in [0.717, 1.165) is 5.56 Å². The van der Waals surface area contributed by atoms with Gasteiger partial charge < -0.3 is 0 Å². The largest absolute Gasteiger partial charge is 0.294 e. The number of carbonyl (C=O) groups excluding carboxylic acids is 1. The van der Waals surface area contributed by atoms with E-state index in [2.05, 4.69) is 0 Å². The first-order valence-electron chi connectivity index (χ1n) is 4.96. The topological polar surface area (TPSA) is 34.1 Å². The predicted octanol–water partition coefficient (Wildman–Crippen LogP) is 1.46. The first-order chi connectivity index (χ1) is 7.07. The third-order valence-electron chi connectivity index (χ3n) is 2.63. The van der Waals surface area contributed by atoms with E-state index < -0.39 is 9.52 Å². The predicted molar refractivity (Wildman–Crippen MR) is 63.8 cm³/mol. The van der Waals surface area contributed by atoms with Crippen LogP contribution in [0.25, 0.3) is 0 Å². The van der Waals surface area contributed by atoms with Gasteiger partial charge in [-0.3, -0.25) is 9.00 Å². The molecular weight excluding hydrogens is 208 g/mol. The molecule has 0 spiro atoms. The molecule has 0 saturated heterocycles. The third kappa shape index (κ3) is 2.48.